The summed E-state index contributed by atoms with van der Waals surface area (Å²) in [5.74, 6) is 0.547. The maximum Gasteiger partial charge on any atom is 0.0690 e. The van der Waals surface area contributed by atoms with Crippen LogP contribution in [0.3, 0.4) is 0 Å². The monoisotopic (exact) mass is 296 g/mol. The Kier molecular flexibility index (Phi) is 4.34. The fraction of sp³-hybridized carbons (Fsp3) is 1.00. The fourth-order valence-corrected chi connectivity index (χ4v) is 4.83. The van der Waals surface area contributed by atoms with Gasteiger partial charge in [0.2, 0.25) is 0 Å². The number of nitrogens with two attached hydrogens (primary N) is 1. The average Bonchev–Trinajstić information content (AvgIpc) is 2.49. The molecule has 3 fully saturated rings. The van der Waals surface area contributed by atoms with Crippen LogP contribution in [-0.2, 0) is 9.47 Å². The van der Waals surface area contributed by atoms with E-state index >= 15 is 0 Å². The van der Waals surface area contributed by atoms with E-state index in [2.05, 4.69) is 25.7 Å². The predicted octanol–water partition coefficient (Wildman–Crippen LogP) is 2.02. The molecule has 3 rings (SSSR count). The summed E-state index contributed by atoms with van der Waals surface area (Å²) >= 11 is 0. The lowest BCUT2D eigenvalue weighted by Crippen LogP contribution is -2.80. The molecule has 2 heterocycles. The molecule has 4 heteroatoms. The van der Waals surface area contributed by atoms with Gasteiger partial charge in [0.05, 0.1) is 12.2 Å². The standard InChI is InChI=1S/C17H32N2O2/c1-4-20-13-7-9-19(10-8-13)12-17(18)14-6-5-11-21-15(14)16(17,2)3/h13-15H,4-12,18H2,1-3H3. The Labute approximate surface area is 129 Å². The smallest absolute Gasteiger partial charge is 0.0690 e. The first kappa shape index (κ1) is 15.7. The second-order valence-electron chi connectivity index (χ2n) is 7.73. The molecular formula is C17H32N2O2. The van der Waals surface area contributed by atoms with Crippen molar-refractivity contribution in [3.63, 3.8) is 0 Å². The van der Waals surface area contributed by atoms with E-state index in [1.54, 1.807) is 0 Å². The third-order valence-corrected chi connectivity index (χ3v) is 6.32. The first-order valence-corrected chi connectivity index (χ1v) is 8.73. The van der Waals surface area contributed by atoms with Crippen molar-refractivity contribution >= 4 is 0 Å². The van der Waals surface area contributed by atoms with Crippen LogP contribution in [0.1, 0.15) is 46.5 Å². The van der Waals surface area contributed by atoms with E-state index in [-0.39, 0.29) is 11.0 Å². The number of nitrogens with zero attached hydrogens (tertiary/aromatic N) is 1. The third kappa shape index (κ3) is 2.54. The Morgan fingerprint density at radius 3 is 2.62 bits per heavy atom. The third-order valence-electron chi connectivity index (χ3n) is 6.32. The number of likely N-dealkylation sites (tertiary alicyclic amines) is 1. The topological polar surface area (TPSA) is 47.7 Å². The second-order valence-corrected chi connectivity index (χ2v) is 7.73. The Hall–Kier alpha value is -0.160. The van der Waals surface area contributed by atoms with Crippen LogP contribution in [0.5, 0.6) is 0 Å². The first-order chi connectivity index (χ1) is 9.99. The minimum atomic E-state index is -0.0868. The van der Waals surface area contributed by atoms with Crippen LogP contribution in [0.25, 0.3) is 0 Å². The molecule has 4 nitrogen and oxygen atoms in total. The predicted molar refractivity (Wildman–Crippen MR) is 84.3 cm³/mol. The number of piperidine rings is 1. The van der Waals surface area contributed by atoms with Crippen LogP contribution >= 0.6 is 0 Å². The Bertz CT molecular complexity index is 366. The zero-order chi connectivity index (χ0) is 15.1. The summed E-state index contributed by atoms with van der Waals surface area (Å²) in [7, 11) is 0. The lowest BCUT2D eigenvalue weighted by molar-refractivity contribution is -0.233. The van der Waals surface area contributed by atoms with Gasteiger partial charge in [-0.3, -0.25) is 0 Å². The summed E-state index contributed by atoms with van der Waals surface area (Å²) in [6.07, 6.45) is 5.53. The van der Waals surface area contributed by atoms with Crippen LogP contribution in [0.4, 0.5) is 0 Å². The molecule has 1 saturated carbocycles. The summed E-state index contributed by atoms with van der Waals surface area (Å²) in [5, 5.41) is 0. The average molecular weight is 296 g/mol. The Balaban J connectivity index is 1.59. The van der Waals surface area contributed by atoms with Crippen LogP contribution < -0.4 is 5.73 Å². The minimum absolute atomic E-state index is 0.0868. The maximum atomic E-state index is 6.91. The van der Waals surface area contributed by atoms with E-state index < -0.39 is 0 Å². The van der Waals surface area contributed by atoms with Gasteiger partial charge in [-0.25, -0.2) is 0 Å². The van der Waals surface area contributed by atoms with Gasteiger partial charge in [-0.1, -0.05) is 13.8 Å². The van der Waals surface area contributed by atoms with Gasteiger partial charge in [0.1, 0.15) is 0 Å². The molecule has 3 aliphatic rings. The second kappa shape index (κ2) is 5.80. The molecule has 122 valence electrons. The highest BCUT2D eigenvalue weighted by atomic mass is 16.5. The van der Waals surface area contributed by atoms with Crippen molar-refractivity contribution in [2.75, 3.05) is 32.8 Å². The lowest BCUT2D eigenvalue weighted by atomic mass is 9.46. The van der Waals surface area contributed by atoms with E-state index in [1.165, 1.54) is 12.8 Å². The van der Waals surface area contributed by atoms with Crippen molar-refractivity contribution in [1.82, 2.24) is 4.90 Å². The summed E-state index contributed by atoms with van der Waals surface area (Å²) < 4.78 is 11.8. The highest BCUT2D eigenvalue weighted by molar-refractivity contribution is 5.20. The normalized spacial score (nSPS) is 40.6. The van der Waals surface area contributed by atoms with E-state index in [0.717, 1.165) is 45.7 Å². The van der Waals surface area contributed by atoms with Crippen molar-refractivity contribution in [2.24, 2.45) is 17.1 Å². The maximum absolute atomic E-state index is 6.91. The summed E-state index contributed by atoms with van der Waals surface area (Å²) in [5.41, 5.74) is 6.91. The minimum Gasteiger partial charge on any atom is -0.378 e. The molecule has 0 amide bonds. The van der Waals surface area contributed by atoms with Crippen molar-refractivity contribution in [3.05, 3.63) is 0 Å². The molecule has 0 aromatic heterocycles. The molecule has 0 bridgehead atoms. The van der Waals surface area contributed by atoms with Gasteiger partial charge in [0.25, 0.3) is 0 Å². The SMILES string of the molecule is CCOC1CCN(CC2(N)C3CCCOC3C2(C)C)CC1. The van der Waals surface area contributed by atoms with Crippen LogP contribution in [0, 0.1) is 11.3 Å². The summed E-state index contributed by atoms with van der Waals surface area (Å²) in [6, 6.07) is 0. The molecule has 0 radical (unpaired) electrons. The molecule has 1 aliphatic carbocycles. The van der Waals surface area contributed by atoms with E-state index in [9.17, 15) is 0 Å². The van der Waals surface area contributed by atoms with Gasteiger partial charge in [0.15, 0.2) is 0 Å². The molecule has 0 aromatic rings. The van der Waals surface area contributed by atoms with Crippen LogP contribution in [-0.4, -0.2) is 55.5 Å². The molecule has 2 N–H and O–H groups in total. The van der Waals surface area contributed by atoms with Crippen LogP contribution in [0.2, 0.25) is 0 Å². The Morgan fingerprint density at radius 1 is 1.24 bits per heavy atom. The van der Waals surface area contributed by atoms with Gasteiger partial charge in [-0.05, 0) is 32.6 Å². The number of hydrogen-bond acceptors (Lipinski definition) is 4. The number of fused-ring (bicyclic) bond motifs is 1. The first-order valence-electron chi connectivity index (χ1n) is 8.73. The fourth-order valence-electron chi connectivity index (χ4n) is 4.83. The zero-order valence-electron chi connectivity index (χ0n) is 13.9. The van der Waals surface area contributed by atoms with Gasteiger partial charge < -0.3 is 20.1 Å². The molecule has 2 aliphatic heterocycles. The Morgan fingerprint density at radius 2 is 1.95 bits per heavy atom. The number of hydrogen-bond donors (Lipinski definition) is 1. The largest absolute Gasteiger partial charge is 0.378 e. The van der Waals surface area contributed by atoms with Crippen molar-refractivity contribution in [2.45, 2.75) is 64.2 Å². The number of ether oxygens (including phenoxy) is 2. The number of rotatable bonds is 4. The zero-order valence-corrected chi connectivity index (χ0v) is 13.9. The van der Waals surface area contributed by atoms with Crippen molar-refractivity contribution in [3.8, 4) is 0 Å². The van der Waals surface area contributed by atoms with Gasteiger partial charge >= 0.3 is 0 Å². The van der Waals surface area contributed by atoms with Gasteiger partial charge in [-0.15, -0.1) is 0 Å². The van der Waals surface area contributed by atoms with Crippen LogP contribution in [0.15, 0.2) is 0 Å². The van der Waals surface area contributed by atoms with E-state index in [1.807, 2.05) is 0 Å². The van der Waals surface area contributed by atoms with Gasteiger partial charge in [-0.2, -0.15) is 0 Å². The van der Waals surface area contributed by atoms with E-state index in [0.29, 0.717) is 18.1 Å². The molecule has 3 unspecified atom stereocenters. The molecule has 2 saturated heterocycles. The molecular weight excluding hydrogens is 264 g/mol. The van der Waals surface area contributed by atoms with E-state index in [4.69, 9.17) is 15.2 Å². The highest BCUT2D eigenvalue weighted by Gasteiger charge is 2.66. The molecule has 0 aromatic carbocycles. The molecule has 0 spiro atoms. The van der Waals surface area contributed by atoms with Crippen molar-refractivity contribution in [1.29, 1.82) is 0 Å². The molecule has 21 heavy (non-hydrogen) atoms. The highest BCUT2D eigenvalue weighted by Crippen LogP contribution is 2.57. The quantitative estimate of drug-likeness (QED) is 0.862. The summed E-state index contributed by atoms with van der Waals surface area (Å²) in [6.45, 7) is 11.7. The lowest BCUT2D eigenvalue weighted by Gasteiger charge is -2.67. The molecule has 3 atom stereocenters. The van der Waals surface area contributed by atoms with Gasteiger partial charge in [0, 0.05) is 49.7 Å². The van der Waals surface area contributed by atoms with Crippen molar-refractivity contribution < 1.29 is 9.47 Å². The summed E-state index contributed by atoms with van der Waals surface area (Å²) in [4.78, 5) is 2.56.